The van der Waals surface area contributed by atoms with Crippen molar-refractivity contribution in [3.05, 3.63) is 29.8 Å². The molecule has 3 rings (SSSR count). The third-order valence-corrected chi connectivity index (χ3v) is 5.23. The quantitative estimate of drug-likeness (QED) is 0.901. The van der Waals surface area contributed by atoms with Gasteiger partial charge in [0.1, 0.15) is 0 Å². The first-order chi connectivity index (χ1) is 10.4. The fourth-order valence-corrected chi connectivity index (χ4v) is 3.83. The van der Waals surface area contributed by atoms with Crippen LogP contribution in [0.25, 0.3) is 0 Å². The largest absolute Gasteiger partial charge is 0.327 e. The van der Waals surface area contributed by atoms with Gasteiger partial charge in [0, 0.05) is 30.9 Å². The predicted molar refractivity (Wildman–Crippen MR) is 97.2 cm³/mol. The number of carbonyl (C=O) groups excluding carboxylic acids is 1. The lowest BCUT2D eigenvalue weighted by atomic mass is 9.80. The fourth-order valence-electron chi connectivity index (χ4n) is 3.83. The summed E-state index contributed by atoms with van der Waals surface area (Å²) in [5, 5.41) is 0. The maximum atomic E-state index is 12.8. The summed E-state index contributed by atoms with van der Waals surface area (Å²) in [6, 6.07) is 8.73. The molecule has 2 N–H and O–H groups in total. The molecule has 0 bridgehead atoms. The Hall–Kier alpha value is -1.10. The number of nitrogens with zero attached hydrogens (tertiary/aromatic N) is 2. The molecule has 128 valence electrons. The van der Waals surface area contributed by atoms with Crippen LogP contribution in [0.1, 0.15) is 32.8 Å². The van der Waals surface area contributed by atoms with Crippen molar-refractivity contribution in [3.63, 3.8) is 0 Å². The van der Waals surface area contributed by atoms with E-state index in [4.69, 9.17) is 5.73 Å². The molecule has 0 spiro atoms. The van der Waals surface area contributed by atoms with Gasteiger partial charge in [-0.15, -0.1) is 12.4 Å². The number of fused-ring (bicyclic) bond motifs is 1. The Bertz CT molecular complexity index is 575. The molecule has 2 aliphatic heterocycles. The van der Waals surface area contributed by atoms with Crippen molar-refractivity contribution in [2.45, 2.75) is 45.7 Å². The van der Waals surface area contributed by atoms with Crippen molar-refractivity contribution >= 4 is 24.0 Å². The number of rotatable bonds is 2. The minimum Gasteiger partial charge on any atom is -0.327 e. The van der Waals surface area contributed by atoms with Gasteiger partial charge in [-0.2, -0.15) is 0 Å². The summed E-state index contributed by atoms with van der Waals surface area (Å²) < 4.78 is 0. The Kier molecular flexibility index (Phi) is 5.39. The zero-order chi connectivity index (χ0) is 15.9. The number of para-hydroxylation sites is 1. The van der Waals surface area contributed by atoms with Crippen LogP contribution in [-0.4, -0.2) is 42.5 Å². The number of benzene rings is 1. The highest BCUT2D eigenvalue weighted by atomic mass is 35.5. The van der Waals surface area contributed by atoms with E-state index in [0.717, 1.165) is 31.6 Å². The standard InChI is InChI=1S/C18H27N3O.ClH/c1-13-10-14-6-4-5-7-15(14)21(13)17(22)11-20-9-8-16(19)18(2,3)12-20;/h4-7,13,16H,8-12,19H2,1-3H3;1H. The van der Waals surface area contributed by atoms with Gasteiger partial charge in [-0.05, 0) is 36.8 Å². The molecule has 1 aromatic rings. The molecule has 1 amide bonds. The maximum Gasteiger partial charge on any atom is 0.241 e. The second-order valence-electron chi connectivity index (χ2n) is 7.54. The maximum absolute atomic E-state index is 12.8. The molecule has 0 saturated carbocycles. The third-order valence-electron chi connectivity index (χ3n) is 5.23. The molecule has 4 nitrogen and oxygen atoms in total. The number of nitrogens with two attached hydrogens (primary N) is 1. The van der Waals surface area contributed by atoms with Gasteiger partial charge in [0.2, 0.25) is 5.91 Å². The van der Waals surface area contributed by atoms with Crippen LogP contribution in [-0.2, 0) is 11.2 Å². The van der Waals surface area contributed by atoms with E-state index < -0.39 is 0 Å². The first-order valence-electron chi connectivity index (χ1n) is 8.26. The predicted octanol–water partition coefficient (Wildman–Crippen LogP) is 2.45. The van der Waals surface area contributed by atoms with Crippen molar-refractivity contribution in [1.82, 2.24) is 4.90 Å². The molecule has 0 radical (unpaired) electrons. The molecular weight excluding hydrogens is 310 g/mol. The Labute approximate surface area is 145 Å². The zero-order valence-corrected chi connectivity index (χ0v) is 15.1. The topological polar surface area (TPSA) is 49.6 Å². The second kappa shape index (κ2) is 6.80. The molecule has 1 aromatic carbocycles. The molecular formula is C18H28ClN3O. The molecule has 1 fully saturated rings. The summed E-state index contributed by atoms with van der Waals surface area (Å²) in [4.78, 5) is 17.1. The van der Waals surface area contributed by atoms with E-state index in [1.807, 2.05) is 17.0 Å². The van der Waals surface area contributed by atoms with Crippen molar-refractivity contribution in [3.8, 4) is 0 Å². The van der Waals surface area contributed by atoms with Gasteiger partial charge in [0.05, 0.1) is 6.54 Å². The molecule has 1 saturated heterocycles. The highest BCUT2D eigenvalue weighted by Crippen LogP contribution is 2.32. The van der Waals surface area contributed by atoms with E-state index in [9.17, 15) is 4.79 Å². The van der Waals surface area contributed by atoms with Crippen LogP contribution in [0.5, 0.6) is 0 Å². The van der Waals surface area contributed by atoms with Crippen LogP contribution in [0.3, 0.4) is 0 Å². The molecule has 0 aromatic heterocycles. The van der Waals surface area contributed by atoms with Crippen LogP contribution >= 0.6 is 12.4 Å². The Morgan fingerprint density at radius 3 is 2.74 bits per heavy atom. The summed E-state index contributed by atoms with van der Waals surface area (Å²) >= 11 is 0. The van der Waals surface area contributed by atoms with Crippen LogP contribution < -0.4 is 10.6 Å². The van der Waals surface area contributed by atoms with E-state index in [1.165, 1.54) is 5.56 Å². The number of hydrogen-bond acceptors (Lipinski definition) is 3. The average molecular weight is 338 g/mol. The number of piperidine rings is 1. The normalized spacial score (nSPS) is 26.5. The van der Waals surface area contributed by atoms with Gasteiger partial charge in [0.25, 0.3) is 0 Å². The molecule has 2 atom stereocenters. The van der Waals surface area contributed by atoms with Gasteiger partial charge < -0.3 is 10.6 Å². The van der Waals surface area contributed by atoms with Crippen LogP contribution in [0.15, 0.2) is 24.3 Å². The summed E-state index contributed by atoms with van der Waals surface area (Å²) in [5.74, 6) is 0.212. The van der Waals surface area contributed by atoms with E-state index in [1.54, 1.807) is 0 Å². The number of hydrogen-bond donors (Lipinski definition) is 1. The molecule has 2 aliphatic rings. The van der Waals surface area contributed by atoms with E-state index in [2.05, 4.69) is 37.8 Å². The SMILES string of the molecule is CC1Cc2ccccc2N1C(=O)CN1CCC(N)C(C)(C)C1.Cl. The van der Waals surface area contributed by atoms with E-state index in [-0.39, 0.29) is 35.8 Å². The zero-order valence-electron chi connectivity index (χ0n) is 14.3. The highest BCUT2D eigenvalue weighted by Gasteiger charge is 2.36. The lowest BCUT2D eigenvalue weighted by Gasteiger charge is -2.42. The molecule has 5 heteroatoms. The van der Waals surface area contributed by atoms with Crippen LogP contribution in [0, 0.1) is 5.41 Å². The van der Waals surface area contributed by atoms with Crippen molar-refractivity contribution in [2.75, 3.05) is 24.5 Å². The van der Waals surface area contributed by atoms with Crippen molar-refractivity contribution in [1.29, 1.82) is 0 Å². The minimum atomic E-state index is 0. The number of carbonyl (C=O) groups is 1. The summed E-state index contributed by atoms with van der Waals surface area (Å²) in [6.45, 7) is 8.83. The van der Waals surface area contributed by atoms with Gasteiger partial charge >= 0.3 is 0 Å². The molecule has 23 heavy (non-hydrogen) atoms. The monoisotopic (exact) mass is 337 g/mol. The van der Waals surface area contributed by atoms with E-state index >= 15 is 0 Å². The lowest BCUT2D eigenvalue weighted by Crippen LogP contribution is -2.54. The van der Waals surface area contributed by atoms with Crippen LogP contribution in [0.4, 0.5) is 5.69 Å². The summed E-state index contributed by atoms with van der Waals surface area (Å²) in [5.41, 5.74) is 8.64. The van der Waals surface area contributed by atoms with Crippen molar-refractivity contribution in [2.24, 2.45) is 11.1 Å². The Morgan fingerprint density at radius 1 is 1.35 bits per heavy atom. The lowest BCUT2D eigenvalue weighted by molar-refractivity contribution is -0.120. The van der Waals surface area contributed by atoms with Gasteiger partial charge in [-0.3, -0.25) is 9.69 Å². The fraction of sp³-hybridized carbons (Fsp3) is 0.611. The first kappa shape index (κ1) is 18.2. The smallest absolute Gasteiger partial charge is 0.241 e. The Morgan fingerprint density at radius 2 is 2.04 bits per heavy atom. The third kappa shape index (κ3) is 3.54. The second-order valence-corrected chi connectivity index (χ2v) is 7.54. The Balaban J connectivity index is 0.00000192. The van der Waals surface area contributed by atoms with Crippen molar-refractivity contribution < 1.29 is 4.79 Å². The van der Waals surface area contributed by atoms with Gasteiger partial charge in [-0.25, -0.2) is 0 Å². The summed E-state index contributed by atoms with van der Waals surface area (Å²) in [7, 11) is 0. The molecule has 2 unspecified atom stereocenters. The van der Waals surface area contributed by atoms with Gasteiger partial charge in [-0.1, -0.05) is 32.0 Å². The van der Waals surface area contributed by atoms with Crippen LogP contribution in [0.2, 0.25) is 0 Å². The number of anilines is 1. The number of halogens is 1. The minimum absolute atomic E-state index is 0. The first-order valence-corrected chi connectivity index (χ1v) is 8.26. The number of likely N-dealkylation sites (tertiary alicyclic amines) is 1. The number of amides is 1. The molecule has 2 heterocycles. The summed E-state index contributed by atoms with van der Waals surface area (Å²) in [6.07, 6.45) is 1.92. The highest BCUT2D eigenvalue weighted by molar-refractivity contribution is 5.97. The molecule has 0 aliphatic carbocycles. The van der Waals surface area contributed by atoms with Gasteiger partial charge in [0.15, 0.2) is 0 Å². The average Bonchev–Trinajstić information content (AvgIpc) is 2.78. The van der Waals surface area contributed by atoms with E-state index in [0.29, 0.717) is 6.54 Å².